The number of nitrogens with one attached hydrogen (secondary N) is 2. The average Bonchev–Trinajstić information content (AvgIpc) is 3.03. The highest BCUT2D eigenvalue weighted by atomic mass is 35.5. The molecular formula is C18H17ClFN3OS. The maximum atomic E-state index is 13.2. The number of benzene rings is 2. The van der Waals surface area contributed by atoms with Crippen LogP contribution in [0.2, 0.25) is 5.02 Å². The molecule has 0 unspecified atom stereocenters. The van der Waals surface area contributed by atoms with Gasteiger partial charge in [-0.25, -0.2) is 4.39 Å². The highest BCUT2D eigenvalue weighted by molar-refractivity contribution is 7.80. The monoisotopic (exact) mass is 377 g/mol. The normalized spacial score (nSPS) is 13.8. The van der Waals surface area contributed by atoms with E-state index in [0.717, 1.165) is 24.2 Å². The molecule has 1 saturated heterocycles. The number of anilines is 2. The quantitative estimate of drug-likeness (QED) is 0.787. The molecule has 2 N–H and O–H groups in total. The second-order valence-electron chi connectivity index (χ2n) is 5.76. The van der Waals surface area contributed by atoms with Crippen molar-refractivity contribution in [3.63, 3.8) is 0 Å². The van der Waals surface area contributed by atoms with Crippen LogP contribution in [0.1, 0.15) is 18.4 Å². The van der Waals surface area contributed by atoms with Crippen LogP contribution < -0.4 is 15.5 Å². The zero-order valence-electron chi connectivity index (χ0n) is 13.4. The Morgan fingerprint density at radius 3 is 2.84 bits per heavy atom. The molecule has 1 amide bonds. The van der Waals surface area contributed by atoms with Gasteiger partial charge in [-0.3, -0.25) is 4.79 Å². The van der Waals surface area contributed by atoms with Crippen molar-refractivity contribution in [2.24, 2.45) is 0 Å². The van der Waals surface area contributed by atoms with Crippen LogP contribution in [0.5, 0.6) is 0 Å². The largest absolute Gasteiger partial charge is 0.358 e. The molecule has 1 heterocycles. The van der Waals surface area contributed by atoms with Crippen LogP contribution >= 0.6 is 23.8 Å². The van der Waals surface area contributed by atoms with E-state index in [1.54, 1.807) is 11.0 Å². The van der Waals surface area contributed by atoms with Crippen LogP contribution in [0.4, 0.5) is 15.8 Å². The molecule has 1 aliphatic heterocycles. The van der Waals surface area contributed by atoms with Crippen molar-refractivity contribution in [2.45, 2.75) is 19.4 Å². The van der Waals surface area contributed by atoms with Crippen molar-refractivity contribution in [2.75, 3.05) is 16.8 Å². The minimum atomic E-state index is -0.473. The molecule has 3 rings (SSSR count). The standard InChI is InChI=1S/C18H17ClFN3OS/c19-15-10-13(6-7-16(15)20)22-18(25)21-11-12-3-1-4-14(9-12)23-8-2-5-17(23)24/h1,3-4,6-7,9-10H,2,5,8,11H2,(H2,21,22,25). The second kappa shape index (κ2) is 7.80. The van der Waals surface area contributed by atoms with Crippen LogP contribution in [0.15, 0.2) is 42.5 Å². The molecule has 0 spiro atoms. The predicted molar refractivity (Wildman–Crippen MR) is 102 cm³/mol. The number of amides is 1. The summed E-state index contributed by atoms with van der Waals surface area (Å²) in [5, 5.41) is 6.50. The number of rotatable bonds is 4. The number of hydrogen-bond acceptors (Lipinski definition) is 2. The minimum Gasteiger partial charge on any atom is -0.358 e. The Hall–Kier alpha value is -2.18. The number of nitrogens with zero attached hydrogens (tertiary/aromatic N) is 1. The lowest BCUT2D eigenvalue weighted by atomic mass is 10.2. The highest BCUT2D eigenvalue weighted by Gasteiger charge is 2.21. The molecule has 0 atom stereocenters. The highest BCUT2D eigenvalue weighted by Crippen LogP contribution is 2.22. The van der Waals surface area contributed by atoms with Gasteiger partial charge in [-0.2, -0.15) is 0 Å². The van der Waals surface area contributed by atoms with Crippen molar-refractivity contribution < 1.29 is 9.18 Å². The van der Waals surface area contributed by atoms with Crippen LogP contribution in [0, 0.1) is 5.82 Å². The minimum absolute atomic E-state index is 0.0378. The summed E-state index contributed by atoms with van der Waals surface area (Å²) in [7, 11) is 0. The SMILES string of the molecule is O=C1CCCN1c1cccc(CNC(=S)Nc2ccc(F)c(Cl)c2)c1. The lowest BCUT2D eigenvalue weighted by Gasteiger charge is -2.17. The summed E-state index contributed by atoms with van der Waals surface area (Å²) < 4.78 is 13.2. The number of carbonyl (C=O) groups is 1. The van der Waals surface area contributed by atoms with Crippen molar-refractivity contribution in [1.29, 1.82) is 0 Å². The molecule has 7 heteroatoms. The number of halogens is 2. The third-order valence-corrected chi connectivity index (χ3v) is 4.46. The van der Waals surface area contributed by atoms with Crippen molar-refractivity contribution in [3.8, 4) is 0 Å². The van der Waals surface area contributed by atoms with Crippen molar-refractivity contribution in [3.05, 3.63) is 58.9 Å². The van der Waals surface area contributed by atoms with Crippen LogP contribution in [-0.2, 0) is 11.3 Å². The summed E-state index contributed by atoms with van der Waals surface area (Å²) in [5.41, 5.74) is 2.53. The van der Waals surface area contributed by atoms with E-state index in [2.05, 4.69) is 10.6 Å². The first-order valence-corrected chi connectivity index (χ1v) is 8.71. The second-order valence-corrected chi connectivity index (χ2v) is 6.57. The average molecular weight is 378 g/mol. The zero-order valence-corrected chi connectivity index (χ0v) is 15.0. The van der Waals surface area contributed by atoms with E-state index in [0.29, 0.717) is 23.8 Å². The molecule has 130 valence electrons. The number of carbonyl (C=O) groups excluding carboxylic acids is 1. The van der Waals surface area contributed by atoms with E-state index in [1.807, 2.05) is 24.3 Å². The lowest BCUT2D eigenvalue weighted by molar-refractivity contribution is -0.117. The van der Waals surface area contributed by atoms with Gasteiger partial charge in [0.05, 0.1) is 5.02 Å². The summed E-state index contributed by atoms with van der Waals surface area (Å²) >= 11 is 11.0. The number of hydrogen-bond donors (Lipinski definition) is 2. The van der Waals surface area contributed by atoms with Gasteiger partial charge < -0.3 is 15.5 Å². The fourth-order valence-electron chi connectivity index (χ4n) is 2.69. The Morgan fingerprint density at radius 2 is 2.12 bits per heavy atom. The molecule has 25 heavy (non-hydrogen) atoms. The molecule has 2 aromatic carbocycles. The molecule has 0 aliphatic carbocycles. The lowest BCUT2D eigenvalue weighted by Crippen LogP contribution is -2.28. The first-order chi connectivity index (χ1) is 12.0. The smallest absolute Gasteiger partial charge is 0.227 e. The zero-order chi connectivity index (χ0) is 17.8. The van der Waals surface area contributed by atoms with Gasteiger partial charge in [-0.15, -0.1) is 0 Å². The summed E-state index contributed by atoms with van der Waals surface area (Å²) in [6.07, 6.45) is 1.51. The first-order valence-electron chi connectivity index (χ1n) is 7.92. The predicted octanol–water partition coefficient (Wildman–Crippen LogP) is 4.09. The summed E-state index contributed by atoms with van der Waals surface area (Å²) in [6, 6.07) is 12.1. The number of thiocarbonyl (C=S) groups is 1. The van der Waals surface area contributed by atoms with E-state index in [-0.39, 0.29) is 10.9 Å². The third kappa shape index (κ3) is 4.46. The maximum Gasteiger partial charge on any atom is 0.227 e. The van der Waals surface area contributed by atoms with Crippen LogP contribution in [0.25, 0.3) is 0 Å². The maximum absolute atomic E-state index is 13.2. The Labute approximate surface area is 156 Å². The topological polar surface area (TPSA) is 44.4 Å². The molecule has 0 radical (unpaired) electrons. The van der Waals surface area contributed by atoms with Gasteiger partial charge in [-0.05, 0) is 54.5 Å². The Balaban J connectivity index is 1.58. The molecule has 0 bridgehead atoms. The molecule has 0 aromatic heterocycles. The van der Waals surface area contributed by atoms with Gasteiger partial charge in [0.25, 0.3) is 0 Å². The van der Waals surface area contributed by atoms with Gasteiger partial charge >= 0.3 is 0 Å². The van der Waals surface area contributed by atoms with E-state index in [1.165, 1.54) is 12.1 Å². The van der Waals surface area contributed by atoms with Gasteiger partial charge in [0.15, 0.2) is 5.11 Å². The molecule has 4 nitrogen and oxygen atoms in total. The summed E-state index contributed by atoms with van der Waals surface area (Å²) in [6.45, 7) is 1.28. The summed E-state index contributed by atoms with van der Waals surface area (Å²) in [4.78, 5) is 13.7. The van der Waals surface area contributed by atoms with Gasteiger partial charge in [0, 0.05) is 30.9 Å². The van der Waals surface area contributed by atoms with E-state index in [4.69, 9.17) is 23.8 Å². The molecule has 1 aliphatic rings. The molecule has 0 saturated carbocycles. The van der Waals surface area contributed by atoms with E-state index in [9.17, 15) is 9.18 Å². The van der Waals surface area contributed by atoms with Crippen LogP contribution in [-0.4, -0.2) is 17.6 Å². The van der Waals surface area contributed by atoms with Crippen LogP contribution in [0.3, 0.4) is 0 Å². The van der Waals surface area contributed by atoms with Gasteiger partial charge in [0.2, 0.25) is 5.91 Å². The van der Waals surface area contributed by atoms with Crippen molar-refractivity contribution in [1.82, 2.24) is 5.32 Å². The van der Waals surface area contributed by atoms with Gasteiger partial charge in [0.1, 0.15) is 5.82 Å². The fourth-order valence-corrected chi connectivity index (χ4v) is 3.06. The molecule has 1 fully saturated rings. The van der Waals surface area contributed by atoms with E-state index >= 15 is 0 Å². The fraction of sp³-hybridized carbons (Fsp3) is 0.222. The van der Waals surface area contributed by atoms with E-state index < -0.39 is 5.82 Å². The third-order valence-electron chi connectivity index (χ3n) is 3.93. The summed E-state index contributed by atoms with van der Waals surface area (Å²) in [5.74, 6) is -0.310. The Morgan fingerprint density at radius 1 is 1.28 bits per heavy atom. The van der Waals surface area contributed by atoms with Gasteiger partial charge in [-0.1, -0.05) is 23.7 Å². The first kappa shape index (κ1) is 17.6. The van der Waals surface area contributed by atoms with Crippen molar-refractivity contribution >= 4 is 46.2 Å². The molecular weight excluding hydrogens is 361 g/mol. The Bertz CT molecular complexity index is 815. The Kier molecular flexibility index (Phi) is 5.50. The molecule has 2 aromatic rings.